The lowest BCUT2D eigenvalue weighted by atomic mass is 10.1. The Labute approximate surface area is 239 Å². The number of hydrazine groups is 2. The van der Waals surface area contributed by atoms with Crippen LogP contribution in [0, 0.1) is 5.82 Å². The van der Waals surface area contributed by atoms with E-state index >= 15 is 4.39 Å². The number of aryl methyl sites for hydroxylation is 1. The van der Waals surface area contributed by atoms with E-state index in [0.29, 0.717) is 13.1 Å². The normalized spacial score (nSPS) is 14.6. The van der Waals surface area contributed by atoms with Gasteiger partial charge in [0, 0.05) is 45.5 Å². The maximum Gasteiger partial charge on any atom is 0.356 e. The summed E-state index contributed by atoms with van der Waals surface area (Å²) < 4.78 is 21.4. The molecule has 220 valence electrons. The van der Waals surface area contributed by atoms with E-state index in [9.17, 15) is 14.4 Å². The number of carbonyl (C=O) groups is 3. The smallest absolute Gasteiger partial charge is 0.356 e. The summed E-state index contributed by atoms with van der Waals surface area (Å²) in [6.07, 6.45) is 1.69. The van der Waals surface area contributed by atoms with Gasteiger partial charge < -0.3 is 14.6 Å². The average molecular weight is 579 g/mol. The highest BCUT2D eigenvalue weighted by Crippen LogP contribution is 2.30. The highest BCUT2D eigenvalue weighted by Gasteiger charge is 2.33. The zero-order valence-electron chi connectivity index (χ0n) is 23.1. The van der Waals surface area contributed by atoms with Crippen molar-refractivity contribution in [2.75, 3.05) is 37.8 Å². The number of fused-ring (bicyclic) bond motifs is 1. The van der Waals surface area contributed by atoms with Gasteiger partial charge in [0.25, 0.3) is 11.7 Å². The molecule has 5 rings (SSSR count). The molecule has 14 nitrogen and oxygen atoms in total. The van der Waals surface area contributed by atoms with Crippen molar-refractivity contribution >= 4 is 34.3 Å². The Kier molecular flexibility index (Phi) is 8.26. The summed E-state index contributed by atoms with van der Waals surface area (Å²) in [4.78, 5) is 49.2. The minimum Gasteiger partial charge on any atom is -0.461 e. The first-order valence-corrected chi connectivity index (χ1v) is 13.2. The first-order valence-electron chi connectivity index (χ1n) is 13.2. The van der Waals surface area contributed by atoms with Gasteiger partial charge in [-0.15, -0.1) is 0 Å². The van der Waals surface area contributed by atoms with Crippen LogP contribution in [0.5, 0.6) is 0 Å². The molecule has 15 heteroatoms. The number of aromatic amines is 1. The predicted molar refractivity (Wildman–Crippen MR) is 151 cm³/mol. The Balaban J connectivity index is 1.33. The Morgan fingerprint density at radius 3 is 2.57 bits per heavy atom. The van der Waals surface area contributed by atoms with Crippen LogP contribution >= 0.6 is 0 Å². The van der Waals surface area contributed by atoms with E-state index in [4.69, 9.17) is 16.4 Å². The fraction of sp³-hybridized carbons (Fsp3) is 0.296. The highest BCUT2D eigenvalue weighted by molar-refractivity contribution is 6.45. The summed E-state index contributed by atoms with van der Waals surface area (Å²) in [6, 6.07) is 10.7. The van der Waals surface area contributed by atoms with Crippen molar-refractivity contribution in [2.24, 2.45) is 18.7 Å². The average Bonchev–Trinajstić information content (AvgIpc) is 3.63. The molecule has 0 saturated carbocycles. The lowest BCUT2D eigenvalue weighted by Gasteiger charge is -2.42. The summed E-state index contributed by atoms with van der Waals surface area (Å²) in [6.45, 7) is 3.10. The molecule has 0 radical (unpaired) electrons. The van der Waals surface area contributed by atoms with Crippen molar-refractivity contribution in [1.29, 1.82) is 0 Å². The number of H-pyrrole nitrogens is 1. The number of rotatable bonds is 9. The van der Waals surface area contributed by atoms with Crippen molar-refractivity contribution in [3.63, 3.8) is 0 Å². The second-order valence-corrected chi connectivity index (χ2v) is 9.61. The highest BCUT2D eigenvalue weighted by atomic mass is 19.1. The molecule has 42 heavy (non-hydrogen) atoms. The van der Waals surface area contributed by atoms with E-state index in [-0.39, 0.29) is 53.2 Å². The number of Topliss-reactive ketones (excluding diaryl/α,β-unsaturated/α-hetero) is 1. The molecule has 1 aliphatic rings. The first kappa shape index (κ1) is 28.8. The van der Waals surface area contributed by atoms with Crippen LogP contribution in [0.15, 0.2) is 48.8 Å². The molecule has 1 saturated heterocycles. The van der Waals surface area contributed by atoms with Gasteiger partial charge >= 0.3 is 5.97 Å². The molecule has 1 unspecified atom stereocenters. The number of nitrogens with zero attached hydrogens (tertiary/aromatic N) is 6. The number of halogens is 1. The van der Waals surface area contributed by atoms with Crippen LogP contribution in [-0.2, 0) is 16.6 Å². The first-order chi connectivity index (χ1) is 20.2. The lowest BCUT2D eigenvalue weighted by Crippen LogP contribution is -2.65. The van der Waals surface area contributed by atoms with Gasteiger partial charge in [0.15, 0.2) is 12.1 Å². The summed E-state index contributed by atoms with van der Waals surface area (Å²) in [5, 5.41) is 5.70. The Morgan fingerprint density at radius 1 is 1.19 bits per heavy atom. The quantitative estimate of drug-likeness (QED) is 0.0549. The van der Waals surface area contributed by atoms with Crippen molar-refractivity contribution < 1.29 is 23.5 Å². The Bertz CT molecular complexity index is 1610. The molecule has 1 atom stereocenters. The van der Waals surface area contributed by atoms with Crippen molar-refractivity contribution in [2.45, 2.75) is 13.2 Å². The number of esters is 1. The number of hydrogen-bond acceptors (Lipinski definition) is 11. The van der Waals surface area contributed by atoms with Crippen LogP contribution < -0.4 is 22.1 Å². The minimum absolute atomic E-state index is 0.0886. The topological polar surface area (TPSA) is 181 Å². The minimum atomic E-state index is -0.864. The summed E-state index contributed by atoms with van der Waals surface area (Å²) in [5.74, 6) is 9.10. The standard InChI is InChI=1S/C27H31FN10O4/c1-3-42-26(41)20-13-19(34-35(20)2)22-23-21(18(28)15-32-22)17(14-31-23)24(39)25(40)36-9-11-37(12-10-36)27(33-29)38(30)16-7-5-4-6-8-16/h4-8,13-15,27,31,33H,3,9-12,29-30H2,1-2H3. The zero-order valence-corrected chi connectivity index (χ0v) is 23.1. The number of carbonyl (C=O) groups excluding carboxylic acids is 3. The van der Waals surface area contributed by atoms with Gasteiger partial charge in [0.05, 0.1) is 35.0 Å². The third-order valence-corrected chi connectivity index (χ3v) is 7.12. The van der Waals surface area contributed by atoms with Crippen molar-refractivity contribution in [1.82, 2.24) is 35.0 Å². The third-order valence-electron chi connectivity index (χ3n) is 7.12. The van der Waals surface area contributed by atoms with Crippen molar-refractivity contribution in [3.8, 4) is 11.4 Å². The largest absolute Gasteiger partial charge is 0.461 e. The third kappa shape index (κ3) is 5.33. The fourth-order valence-corrected chi connectivity index (χ4v) is 4.99. The van der Waals surface area contributed by atoms with Gasteiger partial charge in [-0.2, -0.15) is 5.10 Å². The number of para-hydroxylation sites is 1. The molecular formula is C27H31FN10O4. The van der Waals surface area contributed by atoms with Crippen molar-refractivity contribution in [3.05, 3.63) is 65.9 Å². The molecule has 1 amide bonds. The SMILES string of the molecule is CCOC(=O)c1cc(-c2ncc(F)c3c(C(=O)C(=O)N4CCN(C(NN)N(N)c5ccccc5)CC4)c[nH]c23)nn1C. The molecule has 1 aromatic carbocycles. The zero-order chi connectivity index (χ0) is 30.0. The number of piperazine rings is 1. The molecule has 4 heterocycles. The van der Waals surface area contributed by atoms with E-state index < -0.39 is 29.8 Å². The monoisotopic (exact) mass is 578 g/mol. The van der Waals surface area contributed by atoms with E-state index in [1.807, 2.05) is 35.2 Å². The number of benzene rings is 1. The van der Waals surface area contributed by atoms with Crippen LogP contribution in [0.4, 0.5) is 10.1 Å². The molecule has 6 N–H and O–H groups in total. The van der Waals surface area contributed by atoms with Crippen LogP contribution in [0.25, 0.3) is 22.3 Å². The maximum atomic E-state index is 15.0. The molecular weight excluding hydrogens is 547 g/mol. The molecule has 0 aliphatic carbocycles. The molecule has 3 aromatic heterocycles. The number of ether oxygens (including phenoxy) is 1. The number of ketones is 1. The summed E-state index contributed by atoms with van der Waals surface area (Å²) >= 11 is 0. The number of aromatic nitrogens is 4. The van der Waals surface area contributed by atoms with Gasteiger partial charge in [-0.25, -0.2) is 25.4 Å². The predicted octanol–water partition coefficient (Wildman–Crippen LogP) is 0.733. The van der Waals surface area contributed by atoms with Gasteiger partial charge in [0.2, 0.25) is 0 Å². The van der Waals surface area contributed by atoms with Crippen LogP contribution in [0.1, 0.15) is 27.8 Å². The molecule has 1 aliphatic heterocycles. The fourth-order valence-electron chi connectivity index (χ4n) is 4.99. The number of pyridine rings is 1. The molecule has 4 aromatic rings. The Hall–Kier alpha value is -4.70. The van der Waals surface area contributed by atoms with E-state index in [1.165, 1.54) is 26.9 Å². The summed E-state index contributed by atoms with van der Waals surface area (Å²) in [7, 11) is 1.57. The number of nitrogens with two attached hydrogens (primary N) is 2. The van der Waals surface area contributed by atoms with Gasteiger partial charge in [-0.3, -0.25) is 30.0 Å². The molecule has 1 fully saturated rings. The summed E-state index contributed by atoms with van der Waals surface area (Å²) in [5.41, 5.74) is 4.14. The van der Waals surface area contributed by atoms with Crippen LogP contribution in [-0.4, -0.2) is 86.3 Å². The second kappa shape index (κ2) is 12.0. The second-order valence-electron chi connectivity index (χ2n) is 9.61. The van der Waals surface area contributed by atoms with Gasteiger partial charge in [0.1, 0.15) is 17.1 Å². The Morgan fingerprint density at radius 2 is 1.90 bits per heavy atom. The lowest BCUT2D eigenvalue weighted by molar-refractivity contribution is -0.128. The number of nitrogens with one attached hydrogen (secondary N) is 2. The van der Waals surface area contributed by atoms with Gasteiger partial charge in [-0.05, 0) is 19.1 Å². The molecule has 0 bridgehead atoms. The van der Waals surface area contributed by atoms with E-state index in [1.54, 1.807) is 14.0 Å². The van der Waals surface area contributed by atoms with E-state index in [0.717, 1.165) is 11.9 Å². The van der Waals surface area contributed by atoms with E-state index in [2.05, 4.69) is 20.5 Å². The maximum absolute atomic E-state index is 15.0. The van der Waals surface area contributed by atoms with Crippen LogP contribution in [0.2, 0.25) is 0 Å². The number of amides is 1. The number of anilines is 1. The number of hydrogen-bond donors (Lipinski definition) is 4. The van der Waals surface area contributed by atoms with Gasteiger partial charge in [-0.1, -0.05) is 18.2 Å². The van der Waals surface area contributed by atoms with Crippen LogP contribution in [0.3, 0.4) is 0 Å². The molecule has 0 spiro atoms.